The predicted molar refractivity (Wildman–Crippen MR) is 74.9 cm³/mol. The summed E-state index contributed by atoms with van der Waals surface area (Å²) >= 11 is 9.55. The molecule has 0 fully saturated rings. The number of halogens is 2. The van der Waals surface area contributed by atoms with Gasteiger partial charge in [-0.1, -0.05) is 39.7 Å². The summed E-state index contributed by atoms with van der Waals surface area (Å²) in [4.78, 5) is 0. The summed E-state index contributed by atoms with van der Waals surface area (Å²) in [7, 11) is 0. The molecule has 0 saturated heterocycles. The van der Waals surface area contributed by atoms with E-state index in [9.17, 15) is 0 Å². The summed E-state index contributed by atoms with van der Waals surface area (Å²) in [5.41, 5.74) is 1.27. The molecule has 1 heterocycles. The average Bonchev–Trinajstić information content (AvgIpc) is 2.81. The van der Waals surface area contributed by atoms with Gasteiger partial charge in [0.2, 0.25) is 0 Å². The van der Waals surface area contributed by atoms with E-state index in [1.165, 1.54) is 5.56 Å². The second-order valence-electron chi connectivity index (χ2n) is 4.14. The smallest absolute Gasteiger partial charge is 0.104 e. The molecular weight excluding hydrogens is 300 g/mol. The van der Waals surface area contributed by atoms with Crippen LogP contribution < -0.4 is 0 Å². The fraction of sp³-hybridized carbons (Fsp3) is 0.286. The monoisotopic (exact) mass is 312 g/mol. The quantitative estimate of drug-likeness (QED) is 0.727. The highest BCUT2D eigenvalue weighted by Gasteiger charge is 2.11. The lowest BCUT2D eigenvalue weighted by Crippen LogP contribution is -2.09. The van der Waals surface area contributed by atoms with Crippen molar-refractivity contribution in [2.75, 3.05) is 5.33 Å². The molecule has 0 aliphatic carbocycles. The summed E-state index contributed by atoms with van der Waals surface area (Å²) in [6.07, 6.45) is 3.68. The molecule has 1 atom stereocenters. The molecule has 1 nitrogen and oxygen atoms in total. The first kappa shape index (κ1) is 12.7. The van der Waals surface area contributed by atoms with Crippen molar-refractivity contribution in [2.24, 2.45) is 5.92 Å². The minimum atomic E-state index is 0.527. The Morgan fingerprint density at radius 2 is 2.06 bits per heavy atom. The lowest BCUT2D eigenvalue weighted by molar-refractivity contribution is 0.460. The fourth-order valence-corrected chi connectivity index (χ4v) is 2.56. The van der Waals surface area contributed by atoms with Gasteiger partial charge >= 0.3 is 0 Å². The number of alkyl halides is 1. The van der Waals surface area contributed by atoms with E-state index in [2.05, 4.69) is 22.0 Å². The van der Waals surface area contributed by atoms with Crippen LogP contribution in [0, 0.1) is 5.92 Å². The molecule has 1 unspecified atom stereocenters. The predicted octanol–water partition coefficient (Wildman–Crippen LogP) is 4.73. The van der Waals surface area contributed by atoms with Crippen LogP contribution in [0.4, 0.5) is 0 Å². The van der Waals surface area contributed by atoms with E-state index < -0.39 is 0 Å². The van der Waals surface area contributed by atoms with Crippen LogP contribution in [0.2, 0.25) is 5.02 Å². The second-order valence-corrected chi connectivity index (χ2v) is 5.22. The van der Waals surface area contributed by atoms with E-state index >= 15 is 0 Å². The molecule has 2 aromatic rings. The van der Waals surface area contributed by atoms with Crippen molar-refractivity contribution >= 4 is 27.5 Å². The van der Waals surface area contributed by atoms with Crippen molar-refractivity contribution in [2.45, 2.75) is 12.8 Å². The highest BCUT2D eigenvalue weighted by Crippen LogP contribution is 2.19. The van der Waals surface area contributed by atoms with E-state index in [1.807, 2.05) is 30.3 Å². The Labute approximate surface area is 115 Å². The molecule has 90 valence electrons. The topological polar surface area (TPSA) is 13.1 Å². The molecule has 0 spiro atoms. The number of furan rings is 1. The lowest BCUT2D eigenvalue weighted by atomic mass is 9.97. The van der Waals surface area contributed by atoms with E-state index in [0.29, 0.717) is 5.92 Å². The zero-order valence-corrected chi connectivity index (χ0v) is 11.7. The Balaban J connectivity index is 2.00. The summed E-state index contributed by atoms with van der Waals surface area (Å²) in [6.45, 7) is 0. The van der Waals surface area contributed by atoms with Crippen LogP contribution in [0.25, 0.3) is 0 Å². The number of rotatable bonds is 5. The van der Waals surface area contributed by atoms with Gasteiger partial charge < -0.3 is 4.42 Å². The molecule has 0 amide bonds. The Hall–Kier alpha value is -0.730. The molecule has 2 rings (SSSR count). The van der Waals surface area contributed by atoms with Gasteiger partial charge in [0.1, 0.15) is 5.76 Å². The Morgan fingerprint density at radius 1 is 1.18 bits per heavy atom. The van der Waals surface area contributed by atoms with Crippen LogP contribution in [0.15, 0.2) is 47.1 Å². The molecule has 0 bridgehead atoms. The van der Waals surface area contributed by atoms with Crippen LogP contribution in [-0.2, 0) is 12.8 Å². The standard InChI is InChI=1S/C14H14BrClO/c15-10-12(9-14-5-2-6-17-14)7-11-3-1-4-13(16)8-11/h1-6,8,12H,7,9-10H2. The van der Waals surface area contributed by atoms with Crippen molar-refractivity contribution < 1.29 is 4.42 Å². The van der Waals surface area contributed by atoms with Gasteiger partial charge in [0.25, 0.3) is 0 Å². The highest BCUT2D eigenvalue weighted by molar-refractivity contribution is 9.09. The number of hydrogen-bond acceptors (Lipinski definition) is 1. The second kappa shape index (κ2) is 6.27. The van der Waals surface area contributed by atoms with Crippen molar-refractivity contribution in [1.82, 2.24) is 0 Å². The summed E-state index contributed by atoms with van der Waals surface area (Å²) in [6, 6.07) is 12.0. The van der Waals surface area contributed by atoms with Gasteiger partial charge in [-0.25, -0.2) is 0 Å². The van der Waals surface area contributed by atoms with Crippen LogP contribution in [0.5, 0.6) is 0 Å². The maximum Gasteiger partial charge on any atom is 0.104 e. The first-order chi connectivity index (χ1) is 8.28. The molecule has 17 heavy (non-hydrogen) atoms. The molecule has 3 heteroatoms. The van der Waals surface area contributed by atoms with E-state index in [1.54, 1.807) is 6.26 Å². The molecule has 0 saturated carbocycles. The maximum absolute atomic E-state index is 5.98. The normalized spacial score (nSPS) is 12.6. The highest BCUT2D eigenvalue weighted by atomic mass is 79.9. The maximum atomic E-state index is 5.98. The summed E-state index contributed by atoms with van der Waals surface area (Å²) in [5, 5.41) is 1.76. The summed E-state index contributed by atoms with van der Waals surface area (Å²) < 4.78 is 5.38. The first-order valence-electron chi connectivity index (χ1n) is 5.60. The van der Waals surface area contributed by atoms with E-state index in [4.69, 9.17) is 16.0 Å². The third-order valence-corrected chi connectivity index (χ3v) is 3.85. The third-order valence-electron chi connectivity index (χ3n) is 2.70. The Bertz CT molecular complexity index is 453. The van der Waals surface area contributed by atoms with Gasteiger partial charge in [-0.3, -0.25) is 0 Å². The molecule has 0 radical (unpaired) electrons. The van der Waals surface area contributed by atoms with Gasteiger partial charge in [0.05, 0.1) is 6.26 Å². The molecule has 0 aliphatic heterocycles. The number of benzene rings is 1. The molecule has 0 N–H and O–H groups in total. The van der Waals surface area contributed by atoms with Crippen LogP contribution >= 0.6 is 27.5 Å². The molecule has 1 aromatic carbocycles. The Kier molecular flexibility index (Phi) is 4.69. The minimum Gasteiger partial charge on any atom is -0.469 e. The SMILES string of the molecule is Clc1cccc(CC(CBr)Cc2ccco2)c1. The molecular formula is C14H14BrClO. The summed E-state index contributed by atoms with van der Waals surface area (Å²) in [5.74, 6) is 1.57. The van der Waals surface area contributed by atoms with Gasteiger partial charge in [-0.2, -0.15) is 0 Å². The van der Waals surface area contributed by atoms with Crippen LogP contribution in [0.1, 0.15) is 11.3 Å². The fourth-order valence-electron chi connectivity index (χ4n) is 1.89. The van der Waals surface area contributed by atoms with Crippen molar-refractivity contribution in [3.05, 3.63) is 59.0 Å². The molecule has 1 aromatic heterocycles. The van der Waals surface area contributed by atoms with Crippen molar-refractivity contribution in [3.8, 4) is 0 Å². The number of hydrogen-bond donors (Lipinski definition) is 0. The van der Waals surface area contributed by atoms with E-state index in [-0.39, 0.29) is 0 Å². The third kappa shape index (κ3) is 3.90. The first-order valence-corrected chi connectivity index (χ1v) is 7.10. The average molecular weight is 314 g/mol. The van der Waals surface area contributed by atoms with Crippen LogP contribution in [-0.4, -0.2) is 5.33 Å². The zero-order valence-electron chi connectivity index (χ0n) is 9.40. The van der Waals surface area contributed by atoms with Gasteiger partial charge in [-0.15, -0.1) is 0 Å². The van der Waals surface area contributed by atoms with E-state index in [0.717, 1.165) is 29.0 Å². The van der Waals surface area contributed by atoms with Crippen molar-refractivity contribution in [1.29, 1.82) is 0 Å². The van der Waals surface area contributed by atoms with Crippen molar-refractivity contribution in [3.63, 3.8) is 0 Å². The van der Waals surface area contributed by atoms with Gasteiger partial charge in [-0.05, 0) is 42.2 Å². The lowest BCUT2D eigenvalue weighted by Gasteiger charge is -2.12. The van der Waals surface area contributed by atoms with Crippen LogP contribution in [0.3, 0.4) is 0 Å². The Morgan fingerprint density at radius 3 is 2.71 bits per heavy atom. The largest absolute Gasteiger partial charge is 0.469 e. The van der Waals surface area contributed by atoms with Gasteiger partial charge in [0, 0.05) is 16.8 Å². The molecule has 0 aliphatic rings. The van der Waals surface area contributed by atoms with Gasteiger partial charge in [0.15, 0.2) is 0 Å². The zero-order chi connectivity index (χ0) is 12.1. The minimum absolute atomic E-state index is 0.527.